The highest BCUT2D eigenvalue weighted by Gasteiger charge is 2.06. The number of unbranched alkanes of at least 4 members (excludes halogenated alkanes) is 24. The molecule has 0 saturated heterocycles. The Morgan fingerprint density at radius 2 is 0.318 bits per heavy atom. The van der Waals surface area contributed by atoms with Gasteiger partial charge in [0, 0.05) is 0 Å². The molecule has 0 atom stereocenters. The minimum Gasteiger partial charge on any atom is -0.303 e. The Morgan fingerprint density at radius 3 is 0.500 bits per heavy atom. The Labute approximate surface area is 282 Å². The second-order valence-electron chi connectivity index (χ2n) is 14.2. The van der Waals surface area contributed by atoms with Crippen molar-refractivity contribution in [3.05, 3.63) is 0 Å². The van der Waals surface area contributed by atoms with E-state index < -0.39 is 0 Å². The van der Waals surface area contributed by atoms with E-state index in [-0.39, 0.29) is 0 Å². The van der Waals surface area contributed by atoms with Crippen LogP contribution in [0, 0.1) is 0 Å². The van der Waals surface area contributed by atoms with E-state index in [0.29, 0.717) is 0 Å². The van der Waals surface area contributed by atoms with Gasteiger partial charge in [-0.3, -0.25) is 0 Å². The number of hydrogen-bond acceptors (Lipinski definition) is 2. The van der Waals surface area contributed by atoms with Gasteiger partial charge >= 0.3 is 0 Å². The topological polar surface area (TPSA) is 6.48 Å². The lowest BCUT2D eigenvalue weighted by molar-refractivity contribution is 0.254. The molecule has 44 heavy (non-hydrogen) atoms. The minimum absolute atomic E-state index is 1.35. The van der Waals surface area contributed by atoms with Crippen LogP contribution in [-0.2, 0) is 0 Å². The summed E-state index contributed by atoms with van der Waals surface area (Å²) in [5, 5.41) is 0. The fourth-order valence-electron chi connectivity index (χ4n) is 6.30. The molecule has 0 N–H and O–H groups in total. The molecule has 0 aromatic carbocycles. The van der Waals surface area contributed by atoms with Crippen LogP contribution in [0.25, 0.3) is 0 Å². The summed E-state index contributed by atoms with van der Waals surface area (Å²) < 4.78 is 0. The monoisotopic (exact) mass is 623 g/mol. The highest BCUT2D eigenvalue weighted by atomic mass is 15.1. The highest BCUT2D eigenvalue weighted by Crippen LogP contribution is 2.12. The maximum atomic E-state index is 2.77. The molecule has 0 fully saturated rings. The molecule has 2 nitrogen and oxygen atoms in total. The summed E-state index contributed by atoms with van der Waals surface area (Å²) in [7, 11) is 0. The predicted octanol–water partition coefficient (Wildman–Crippen LogP) is 14.4. The van der Waals surface area contributed by atoms with Crippen molar-refractivity contribution in [2.24, 2.45) is 0 Å². The fourth-order valence-corrected chi connectivity index (χ4v) is 6.30. The second-order valence-corrected chi connectivity index (χ2v) is 14.2. The molecule has 268 valence electrons. The van der Waals surface area contributed by atoms with Gasteiger partial charge in [-0.05, 0) is 77.8 Å². The third-order valence-corrected chi connectivity index (χ3v) is 9.47. The second kappa shape index (κ2) is 42.9. The third-order valence-electron chi connectivity index (χ3n) is 9.47. The summed E-state index contributed by atoms with van der Waals surface area (Å²) in [6.45, 7) is 21.9. The normalized spacial score (nSPS) is 11.5. The van der Waals surface area contributed by atoms with Gasteiger partial charge in [0.15, 0.2) is 0 Å². The average Bonchev–Trinajstić information content (AvgIpc) is 3.04. The van der Waals surface area contributed by atoms with Gasteiger partial charge in [0.05, 0.1) is 0 Å². The van der Waals surface area contributed by atoms with Crippen LogP contribution >= 0.6 is 0 Å². The first-order valence-corrected chi connectivity index (χ1v) is 21.1. The zero-order valence-corrected chi connectivity index (χ0v) is 32.4. The molecule has 0 heterocycles. The third kappa shape index (κ3) is 39.9. The van der Waals surface area contributed by atoms with Crippen LogP contribution in [0.5, 0.6) is 0 Å². The largest absolute Gasteiger partial charge is 0.303 e. The molecule has 0 aromatic rings. The standard InChI is InChI=1S/C22H47N.C20H43N/c1-4-7-10-13-15-18-21-23(20-17-12-9-6-3)22-19-16-14-11-8-5-2;1-4-7-10-13-14-17-20-21(18-15-11-8-5-2)19-16-12-9-6-3/h4-22H2,1-3H3;4-20H2,1-3H3. The van der Waals surface area contributed by atoms with Crippen LogP contribution in [0.15, 0.2) is 0 Å². The summed E-state index contributed by atoms with van der Waals surface area (Å²) >= 11 is 0. The van der Waals surface area contributed by atoms with E-state index >= 15 is 0 Å². The van der Waals surface area contributed by atoms with Gasteiger partial charge < -0.3 is 9.80 Å². The van der Waals surface area contributed by atoms with Crippen LogP contribution in [0.4, 0.5) is 0 Å². The predicted molar refractivity (Wildman–Crippen MR) is 205 cm³/mol. The molecule has 2 heteroatoms. The molecular weight excluding hydrogens is 532 g/mol. The molecule has 0 aliphatic rings. The Kier molecular flexibility index (Phi) is 44.9. The van der Waals surface area contributed by atoms with E-state index in [4.69, 9.17) is 0 Å². The Bertz CT molecular complexity index is 437. The Hall–Kier alpha value is -0.0800. The lowest BCUT2D eigenvalue weighted by Crippen LogP contribution is -2.27. The van der Waals surface area contributed by atoms with Gasteiger partial charge in [-0.1, -0.05) is 196 Å². The molecule has 0 saturated carbocycles. The molecule has 0 rings (SSSR count). The highest BCUT2D eigenvalue weighted by molar-refractivity contribution is 4.61. The van der Waals surface area contributed by atoms with Crippen molar-refractivity contribution in [1.29, 1.82) is 0 Å². The molecular formula is C42H90N2. The van der Waals surface area contributed by atoms with E-state index in [1.54, 1.807) is 0 Å². The van der Waals surface area contributed by atoms with Gasteiger partial charge in [0.1, 0.15) is 0 Å². The van der Waals surface area contributed by atoms with Crippen LogP contribution < -0.4 is 0 Å². The summed E-state index contributed by atoms with van der Waals surface area (Å²) in [4.78, 5) is 5.53. The van der Waals surface area contributed by atoms with E-state index in [0.717, 1.165) is 0 Å². The minimum atomic E-state index is 1.35. The van der Waals surface area contributed by atoms with Gasteiger partial charge in [-0.15, -0.1) is 0 Å². The Balaban J connectivity index is 0. The van der Waals surface area contributed by atoms with E-state index in [2.05, 4.69) is 51.3 Å². The van der Waals surface area contributed by atoms with E-state index in [1.165, 1.54) is 232 Å². The van der Waals surface area contributed by atoms with Crippen molar-refractivity contribution < 1.29 is 0 Å². The van der Waals surface area contributed by atoms with Gasteiger partial charge in [-0.25, -0.2) is 0 Å². The smallest absolute Gasteiger partial charge is 0.00187 e. The molecule has 0 bridgehead atoms. The SMILES string of the molecule is CCCCCCCCN(CCCCCC)CCCCCC.CCCCCCCCN(CCCCCC)CCCCCCCC. The van der Waals surface area contributed by atoms with Crippen molar-refractivity contribution >= 4 is 0 Å². The van der Waals surface area contributed by atoms with Crippen molar-refractivity contribution in [1.82, 2.24) is 9.80 Å². The first-order chi connectivity index (χ1) is 21.7. The van der Waals surface area contributed by atoms with Gasteiger partial charge in [0.25, 0.3) is 0 Å². The number of nitrogens with zero attached hydrogens (tertiary/aromatic N) is 2. The van der Waals surface area contributed by atoms with Crippen molar-refractivity contribution in [3.8, 4) is 0 Å². The van der Waals surface area contributed by atoms with Crippen molar-refractivity contribution in [2.75, 3.05) is 39.3 Å². The van der Waals surface area contributed by atoms with Crippen molar-refractivity contribution in [3.63, 3.8) is 0 Å². The first kappa shape index (κ1) is 46.0. The quantitative estimate of drug-likeness (QED) is 0.0641. The zero-order chi connectivity index (χ0) is 32.6. The number of rotatable bonds is 36. The van der Waals surface area contributed by atoms with Gasteiger partial charge in [0.2, 0.25) is 0 Å². The Morgan fingerprint density at radius 1 is 0.182 bits per heavy atom. The molecule has 0 aliphatic heterocycles. The molecule has 0 aliphatic carbocycles. The zero-order valence-electron chi connectivity index (χ0n) is 32.4. The van der Waals surface area contributed by atoms with Crippen LogP contribution in [-0.4, -0.2) is 49.1 Å². The molecule has 0 unspecified atom stereocenters. The summed E-state index contributed by atoms with van der Waals surface area (Å²) in [6, 6.07) is 0. The van der Waals surface area contributed by atoms with Crippen molar-refractivity contribution in [2.45, 2.75) is 234 Å². The maximum Gasteiger partial charge on any atom is -0.00187 e. The summed E-state index contributed by atoms with van der Waals surface area (Å²) in [5.41, 5.74) is 0. The van der Waals surface area contributed by atoms with E-state index in [1.807, 2.05) is 0 Å². The molecule has 0 amide bonds. The van der Waals surface area contributed by atoms with E-state index in [9.17, 15) is 0 Å². The van der Waals surface area contributed by atoms with Crippen LogP contribution in [0.2, 0.25) is 0 Å². The lowest BCUT2D eigenvalue weighted by atomic mass is 10.1. The first-order valence-electron chi connectivity index (χ1n) is 21.1. The number of hydrogen-bond donors (Lipinski definition) is 0. The average molecular weight is 623 g/mol. The van der Waals surface area contributed by atoms with Crippen LogP contribution in [0.1, 0.15) is 234 Å². The maximum absolute atomic E-state index is 2.77. The summed E-state index contributed by atoms with van der Waals surface area (Å²) in [6.07, 6.45) is 42.5. The van der Waals surface area contributed by atoms with Crippen LogP contribution in [0.3, 0.4) is 0 Å². The molecule has 0 aromatic heterocycles. The molecule has 0 radical (unpaired) electrons. The fraction of sp³-hybridized carbons (Fsp3) is 1.00. The van der Waals surface area contributed by atoms with Gasteiger partial charge in [-0.2, -0.15) is 0 Å². The summed E-state index contributed by atoms with van der Waals surface area (Å²) in [5.74, 6) is 0. The lowest BCUT2D eigenvalue weighted by Gasteiger charge is -2.22. The molecule has 0 spiro atoms.